The fourth-order valence-corrected chi connectivity index (χ4v) is 4.57. The minimum absolute atomic E-state index is 0.193. The molecule has 3 heterocycles. The van der Waals surface area contributed by atoms with Crippen LogP contribution in [0, 0.1) is 6.92 Å². The number of aromatic nitrogens is 2. The molecule has 1 atom stereocenters. The molecule has 166 valence electrons. The lowest BCUT2D eigenvalue weighted by molar-refractivity contribution is -0.122. The maximum absolute atomic E-state index is 13.2. The normalized spacial score (nSPS) is 15.0. The largest absolute Gasteiger partial charge is 0.479 e. The van der Waals surface area contributed by atoms with Crippen molar-refractivity contribution in [3.63, 3.8) is 0 Å². The highest BCUT2D eigenvalue weighted by molar-refractivity contribution is 7.17. The highest BCUT2D eigenvalue weighted by atomic mass is 32.1. The molecule has 2 aromatic carbocycles. The maximum atomic E-state index is 13.2. The molecule has 1 aliphatic heterocycles. The Balaban J connectivity index is 1.39. The number of carbonyl (C=O) groups excluding carboxylic acids is 2. The summed E-state index contributed by atoms with van der Waals surface area (Å²) in [6, 6.07) is 12.9. The van der Waals surface area contributed by atoms with Crippen LogP contribution in [0.25, 0.3) is 21.3 Å². The summed E-state index contributed by atoms with van der Waals surface area (Å²) in [5.74, 6) is -0.106. The molecule has 1 aliphatic rings. The van der Waals surface area contributed by atoms with E-state index in [-0.39, 0.29) is 23.9 Å². The molecule has 2 N–H and O–H groups in total. The van der Waals surface area contributed by atoms with Gasteiger partial charge in [-0.2, -0.15) is 0 Å². The molecule has 0 fully saturated rings. The van der Waals surface area contributed by atoms with Crippen molar-refractivity contribution in [3.8, 4) is 16.9 Å². The topological polar surface area (TPSA) is 102 Å². The number of ether oxygens (including phenoxy) is 1. The van der Waals surface area contributed by atoms with Crippen LogP contribution in [-0.4, -0.2) is 27.5 Å². The Morgan fingerprint density at radius 1 is 1.21 bits per heavy atom. The minimum Gasteiger partial charge on any atom is -0.479 e. The van der Waals surface area contributed by atoms with E-state index in [4.69, 9.17) is 4.74 Å². The lowest BCUT2D eigenvalue weighted by Gasteiger charge is -2.23. The number of hydrogen-bond donors (Lipinski definition) is 2. The fourth-order valence-electron chi connectivity index (χ4n) is 3.67. The smallest absolute Gasteiger partial charge is 0.265 e. The van der Waals surface area contributed by atoms with Crippen LogP contribution in [-0.2, 0) is 16.1 Å². The Hall–Kier alpha value is -3.98. The van der Waals surface area contributed by atoms with Crippen LogP contribution in [0.2, 0.25) is 0 Å². The molecular formula is C24H20N4O4S. The van der Waals surface area contributed by atoms with E-state index >= 15 is 0 Å². The van der Waals surface area contributed by atoms with Gasteiger partial charge in [-0.1, -0.05) is 29.8 Å². The van der Waals surface area contributed by atoms with Gasteiger partial charge in [0, 0.05) is 16.6 Å². The standard InChI is InChI=1S/C24H20N4O4S/c1-13-3-5-15(6-4-13)17-11-33-23-21(17)24(31)28(12-25-23)10-20(29)26-16-7-8-19-18(9-16)27-22(30)14(2)32-19/h3-9,11-12,14H,10H2,1-2H3,(H,26,29)(H,27,30)/t14-/m0/s1. The number of nitrogens with one attached hydrogen (secondary N) is 2. The first kappa shape index (κ1) is 20.9. The summed E-state index contributed by atoms with van der Waals surface area (Å²) in [5.41, 5.74) is 3.57. The predicted molar refractivity (Wildman–Crippen MR) is 128 cm³/mol. The van der Waals surface area contributed by atoms with Crippen LogP contribution in [0.3, 0.4) is 0 Å². The monoisotopic (exact) mass is 460 g/mol. The minimum atomic E-state index is -0.575. The van der Waals surface area contributed by atoms with Gasteiger partial charge in [0.15, 0.2) is 6.10 Å². The first-order chi connectivity index (χ1) is 15.9. The second-order valence-electron chi connectivity index (χ2n) is 7.88. The number of aryl methyl sites for hydroxylation is 1. The molecule has 8 nitrogen and oxygen atoms in total. The second kappa shape index (κ2) is 8.18. The zero-order chi connectivity index (χ0) is 23.1. The predicted octanol–water partition coefficient (Wildman–Crippen LogP) is 3.79. The number of hydrogen-bond acceptors (Lipinski definition) is 6. The van der Waals surface area contributed by atoms with Crippen LogP contribution < -0.4 is 20.9 Å². The third-order valence-corrected chi connectivity index (χ3v) is 6.32. The summed E-state index contributed by atoms with van der Waals surface area (Å²) in [5, 5.41) is 7.92. The summed E-state index contributed by atoms with van der Waals surface area (Å²) >= 11 is 1.40. The highest BCUT2D eigenvalue weighted by Gasteiger charge is 2.23. The molecule has 5 rings (SSSR count). The molecule has 2 aromatic heterocycles. The molecular weight excluding hydrogens is 440 g/mol. The van der Waals surface area contributed by atoms with Gasteiger partial charge in [0.1, 0.15) is 17.1 Å². The van der Waals surface area contributed by atoms with Gasteiger partial charge in [-0.25, -0.2) is 4.98 Å². The zero-order valence-corrected chi connectivity index (χ0v) is 18.7. The van der Waals surface area contributed by atoms with E-state index in [1.807, 2.05) is 36.6 Å². The van der Waals surface area contributed by atoms with Gasteiger partial charge >= 0.3 is 0 Å². The summed E-state index contributed by atoms with van der Waals surface area (Å²) in [4.78, 5) is 42.7. The quantitative estimate of drug-likeness (QED) is 0.482. The molecule has 9 heteroatoms. The number of rotatable bonds is 4. The number of carbonyl (C=O) groups is 2. The first-order valence-electron chi connectivity index (χ1n) is 10.3. The molecule has 33 heavy (non-hydrogen) atoms. The summed E-state index contributed by atoms with van der Waals surface area (Å²) in [6.07, 6.45) is 0.816. The van der Waals surface area contributed by atoms with Crippen molar-refractivity contribution < 1.29 is 14.3 Å². The van der Waals surface area contributed by atoms with Crippen molar-refractivity contribution in [2.75, 3.05) is 10.6 Å². The molecule has 2 amide bonds. The number of benzene rings is 2. The van der Waals surface area contributed by atoms with Crippen molar-refractivity contribution in [3.05, 3.63) is 70.1 Å². The van der Waals surface area contributed by atoms with Gasteiger partial charge in [0.05, 0.1) is 17.4 Å². The number of amides is 2. The average molecular weight is 461 g/mol. The van der Waals surface area contributed by atoms with E-state index < -0.39 is 6.10 Å². The van der Waals surface area contributed by atoms with E-state index in [0.29, 0.717) is 27.3 Å². The van der Waals surface area contributed by atoms with Gasteiger partial charge in [-0.05, 0) is 37.6 Å². The number of nitrogens with zero attached hydrogens (tertiary/aromatic N) is 2. The van der Waals surface area contributed by atoms with E-state index in [1.165, 1.54) is 22.2 Å². The number of anilines is 2. The molecule has 0 saturated carbocycles. The van der Waals surface area contributed by atoms with Crippen molar-refractivity contribution >= 4 is 44.7 Å². The molecule has 0 spiro atoms. The van der Waals surface area contributed by atoms with E-state index in [0.717, 1.165) is 16.7 Å². The molecule has 0 saturated heterocycles. The summed E-state index contributed by atoms with van der Waals surface area (Å²) in [7, 11) is 0. The third kappa shape index (κ3) is 3.98. The Morgan fingerprint density at radius 3 is 2.79 bits per heavy atom. The van der Waals surface area contributed by atoms with Crippen LogP contribution in [0.15, 0.2) is 59.0 Å². The van der Waals surface area contributed by atoms with Gasteiger partial charge in [0.2, 0.25) is 5.91 Å². The summed E-state index contributed by atoms with van der Waals surface area (Å²) < 4.78 is 6.82. The highest BCUT2D eigenvalue weighted by Crippen LogP contribution is 2.32. The molecule has 0 radical (unpaired) electrons. The molecule has 0 unspecified atom stereocenters. The van der Waals surface area contributed by atoms with Gasteiger partial charge in [-0.15, -0.1) is 11.3 Å². The van der Waals surface area contributed by atoms with Crippen molar-refractivity contribution in [1.82, 2.24) is 9.55 Å². The SMILES string of the molecule is Cc1ccc(-c2csc3ncn(CC(=O)Nc4ccc5c(c4)NC(=O)[C@H](C)O5)c(=O)c23)cc1. The van der Waals surface area contributed by atoms with Crippen molar-refractivity contribution in [1.29, 1.82) is 0 Å². The number of fused-ring (bicyclic) bond motifs is 2. The summed E-state index contributed by atoms with van der Waals surface area (Å²) in [6.45, 7) is 3.48. The maximum Gasteiger partial charge on any atom is 0.265 e. The number of thiophene rings is 1. The van der Waals surface area contributed by atoms with Gasteiger partial charge < -0.3 is 15.4 Å². The van der Waals surface area contributed by atoms with Gasteiger partial charge in [-0.3, -0.25) is 19.0 Å². The Morgan fingerprint density at radius 2 is 2.00 bits per heavy atom. The van der Waals surface area contributed by atoms with Crippen LogP contribution in [0.5, 0.6) is 5.75 Å². The fraction of sp³-hybridized carbons (Fsp3) is 0.167. The lowest BCUT2D eigenvalue weighted by atomic mass is 10.1. The zero-order valence-electron chi connectivity index (χ0n) is 17.9. The van der Waals surface area contributed by atoms with Gasteiger partial charge in [0.25, 0.3) is 11.5 Å². The van der Waals surface area contributed by atoms with Crippen molar-refractivity contribution in [2.24, 2.45) is 0 Å². The van der Waals surface area contributed by atoms with Crippen LogP contribution >= 0.6 is 11.3 Å². The molecule has 0 aliphatic carbocycles. The first-order valence-corrected chi connectivity index (χ1v) is 11.2. The van der Waals surface area contributed by atoms with E-state index in [2.05, 4.69) is 15.6 Å². The Kier molecular flexibility index (Phi) is 5.18. The molecule has 4 aromatic rings. The van der Waals surface area contributed by atoms with Crippen LogP contribution in [0.1, 0.15) is 12.5 Å². The van der Waals surface area contributed by atoms with Crippen molar-refractivity contribution in [2.45, 2.75) is 26.5 Å². The Labute approximate surface area is 192 Å². The van der Waals surface area contributed by atoms with E-state index in [9.17, 15) is 14.4 Å². The van der Waals surface area contributed by atoms with Crippen LogP contribution in [0.4, 0.5) is 11.4 Å². The lowest BCUT2D eigenvalue weighted by Crippen LogP contribution is -2.34. The third-order valence-electron chi connectivity index (χ3n) is 5.43. The average Bonchev–Trinajstić information content (AvgIpc) is 3.22. The molecule has 0 bridgehead atoms. The second-order valence-corrected chi connectivity index (χ2v) is 8.74. The van der Waals surface area contributed by atoms with E-state index in [1.54, 1.807) is 25.1 Å². The Bertz CT molecular complexity index is 1460.